The molecule has 1 heterocycles. The van der Waals surface area contributed by atoms with Crippen LogP contribution in [0, 0.1) is 0 Å². The van der Waals surface area contributed by atoms with Crippen molar-refractivity contribution in [1.82, 2.24) is 4.98 Å². The van der Waals surface area contributed by atoms with Gasteiger partial charge in [0.25, 0.3) is 0 Å². The number of rotatable bonds is 5. The predicted molar refractivity (Wildman–Crippen MR) is 66.0 cm³/mol. The van der Waals surface area contributed by atoms with E-state index in [1.165, 1.54) is 0 Å². The minimum Gasteiger partial charge on any atom is -0.384 e. The van der Waals surface area contributed by atoms with E-state index in [-0.39, 0.29) is 11.6 Å². The highest BCUT2D eigenvalue weighted by atomic mass is 16.5. The number of ether oxygens (including phenoxy) is 1. The van der Waals surface area contributed by atoms with Crippen molar-refractivity contribution < 1.29 is 4.74 Å². The second kappa shape index (κ2) is 5.27. The molecule has 0 bridgehead atoms. The molecule has 0 aliphatic rings. The van der Waals surface area contributed by atoms with Crippen molar-refractivity contribution in [3.05, 3.63) is 23.9 Å². The zero-order valence-electron chi connectivity index (χ0n) is 10.2. The summed E-state index contributed by atoms with van der Waals surface area (Å²) in [4.78, 5) is 3.95. The number of nitrogens with zero attached hydrogens (tertiary/aromatic N) is 1. The first-order chi connectivity index (χ1) is 7.45. The fourth-order valence-corrected chi connectivity index (χ4v) is 1.60. The molecule has 4 N–H and O–H groups in total. The van der Waals surface area contributed by atoms with Gasteiger partial charge in [-0.1, -0.05) is 0 Å². The topological polar surface area (TPSA) is 74.2 Å². The average Bonchev–Trinajstić information content (AvgIpc) is 2.17. The van der Waals surface area contributed by atoms with Crippen LogP contribution in [0.15, 0.2) is 18.3 Å². The smallest absolute Gasteiger partial charge is 0.123 e. The summed E-state index contributed by atoms with van der Waals surface area (Å²) in [5, 5.41) is 0. The number of hydrogen-bond donors (Lipinski definition) is 2. The van der Waals surface area contributed by atoms with Crippen molar-refractivity contribution in [2.75, 3.05) is 12.3 Å². The molecule has 16 heavy (non-hydrogen) atoms. The Morgan fingerprint density at radius 1 is 1.50 bits per heavy atom. The normalized spacial score (nSPS) is 13.8. The number of hydrogen-bond acceptors (Lipinski definition) is 4. The summed E-state index contributed by atoms with van der Waals surface area (Å²) in [6, 6.07) is 3.72. The van der Waals surface area contributed by atoms with Crippen molar-refractivity contribution >= 4 is 5.82 Å². The lowest BCUT2D eigenvalue weighted by atomic mass is 9.93. The van der Waals surface area contributed by atoms with Gasteiger partial charge in [0.1, 0.15) is 5.82 Å². The van der Waals surface area contributed by atoms with E-state index in [2.05, 4.69) is 4.98 Å². The third kappa shape index (κ3) is 3.47. The molecule has 4 nitrogen and oxygen atoms in total. The van der Waals surface area contributed by atoms with Crippen LogP contribution in [0.2, 0.25) is 0 Å². The summed E-state index contributed by atoms with van der Waals surface area (Å²) < 4.78 is 5.62. The van der Waals surface area contributed by atoms with Crippen molar-refractivity contribution in [2.24, 2.45) is 5.73 Å². The van der Waals surface area contributed by atoms with Crippen LogP contribution in [0.1, 0.15) is 26.3 Å². The Labute approximate surface area is 97.0 Å². The molecule has 0 spiro atoms. The molecule has 4 heteroatoms. The minimum absolute atomic E-state index is 0.0609. The fourth-order valence-electron chi connectivity index (χ4n) is 1.60. The molecule has 0 fully saturated rings. The van der Waals surface area contributed by atoms with Crippen LogP contribution in [0.25, 0.3) is 0 Å². The summed E-state index contributed by atoms with van der Waals surface area (Å²) in [5.41, 5.74) is 12.5. The SMILES string of the molecule is CCOC(C)(C)C(N)Cc1ccnc(N)c1. The Kier molecular flexibility index (Phi) is 4.26. The molecule has 0 aromatic carbocycles. The first-order valence-electron chi connectivity index (χ1n) is 5.55. The fraction of sp³-hybridized carbons (Fsp3) is 0.583. The lowest BCUT2D eigenvalue weighted by molar-refractivity contribution is -0.0288. The van der Waals surface area contributed by atoms with Crippen LogP contribution in [-0.4, -0.2) is 23.2 Å². The van der Waals surface area contributed by atoms with Crippen molar-refractivity contribution in [2.45, 2.75) is 38.8 Å². The Morgan fingerprint density at radius 2 is 2.19 bits per heavy atom. The van der Waals surface area contributed by atoms with E-state index in [1.807, 2.05) is 32.9 Å². The van der Waals surface area contributed by atoms with Gasteiger partial charge in [-0.05, 0) is 44.9 Å². The summed E-state index contributed by atoms with van der Waals surface area (Å²) in [6.45, 7) is 6.65. The Bertz CT molecular complexity index is 339. The lowest BCUT2D eigenvalue weighted by Crippen LogP contribution is -2.46. The molecular weight excluding hydrogens is 202 g/mol. The molecular formula is C12H21N3O. The molecule has 0 radical (unpaired) electrons. The second-order valence-electron chi connectivity index (χ2n) is 4.44. The van der Waals surface area contributed by atoms with Gasteiger partial charge in [-0.15, -0.1) is 0 Å². The van der Waals surface area contributed by atoms with Crippen LogP contribution in [0.5, 0.6) is 0 Å². The monoisotopic (exact) mass is 223 g/mol. The number of pyridine rings is 1. The summed E-state index contributed by atoms with van der Waals surface area (Å²) >= 11 is 0. The maximum absolute atomic E-state index is 6.13. The standard InChI is InChI=1S/C12H21N3O/c1-4-16-12(2,3)10(13)7-9-5-6-15-11(14)8-9/h5-6,8,10H,4,7,13H2,1-3H3,(H2,14,15). The van der Waals surface area contributed by atoms with Crippen LogP contribution < -0.4 is 11.5 Å². The van der Waals surface area contributed by atoms with Gasteiger partial charge in [0.15, 0.2) is 0 Å². The molecule has 90 valence electrons. The molecule has 1 atom stereocenters. The van der Waals surface area contributed by atoms with Crippen molar-refractivity contribution in [3.63, 3.8) is 0 Å². The molecule has 0 amide bonds. The Hall–Kier alpha value is -1.13. The van der Waals surface area contributed by atoms with Crippen LogP contribution >= 0.6 is 0 Å². The van der Waals surface area contributed by atoms with Gasteiger partial charge in [-0.3, -0.25) is 0 Å². The van der Waals surface area contributed by atoms with Crippen LogP contribution in [-0.2, 0) is 11.2 Å². The highest BCUT2D eigenvalue weighted by molar-refractivity contribution is 5.32. The van der Waals surface area contributed by atoms with E-state index < -0.39 is 0 Å². The highest BCUT2D eigenvalue weighted by Crippen LogP contribution is 2.17. The van der Waals surface area contributed by atoms with Crippen LogP contribution in [0.3, 0.4) is 0 Å². The second-order valence-corrected chi connectivity index (χ2v) is 4.44. The van der Waals surface area contributed by atoms with Gasteiger partial charge in [0.05, 0.1) is 5.60 Å². The summed E-state index contributed by atoms with van der Waals surface area (Å²) in [7, 11) is 0. The minimum atomic E-state index is -0.327. The van der Waals surface area contributed by atoms with Gasteiger partial charge >= 0.3 is 0 Å². The van der Waals surface area contributed by atoms with Gasteiger partial charge in [-0.2, -0.15) is 0 Å². The average molecular weight is 223 g/mol. The zero-order valence-corrected chi connectivity index (χ0v) is 10.2. The van der Waals surface area contributed by atoms with E-state index in [1.54, 1.807) is 6.20 Å². The third-order valence-electron chi connectivity index (χ3n) is 2.71. The molecule has 1 unspecified atom stereocenters. The molecule has 0 aliphatic heterocycles. The number of anilines is 1. The molecule has 1 rings (SSSR count). The van der Waals surface area contributed by atoms with Crippen molar-refractivity contribution in [3.8, 4) is 0 Å². The van der Waals surface area contributed by atoms with Crippen LogP contribution in [0.4, 0.5) is 5.82 Å². The van der Waals surface area contributed by atoms with E-state index in [0.29, 0.717) is 12.4 Å². The Morgan fingerprint density at radius 3 is 2.75 bits per heavy atom. The number of nitrogens with two attached hydrogens (primary N) is 2. The molecule has 1 aromatic heterocycles. The van der Waals surface area contributed by atoms with Gasteiger partial charge < -0.3 is 16.2 Å². The summed E-state index contributed by atoms with van der Waals surface area (Å²) in [6.07, 6.45) is 2.44. The van der Waals surface area contributed by atoms with Gasteiger partial charge in [-0.25, -0.2) is 4.98 Å². The first kappa shape index (κ1) is 12.9. The predicted octanol–water partition coefficient (Wildman–Crippen LogP) is 1.35. The first-order valence-corrected chi connectivity index (χ1v) is 5.55. The lowest BCUT2D eigenvalue weighted by Gasteiger charge is -2.31. The summed E-state index contributed by atoms with van der Waals surface area (Å²) in [5.74, 6) is 0.527. The number of aromatic nitrogens is 1. The zero-order chi connectivity index (χ0) is 12.2. The number of nitrogen functional groups attached to an aromatic ring is 1. The van der Waals surface area contributed by atoms with E-state index >= 15 is 0 Å². The maximum atomic E-state index is 6.13. The van der Waals surface area contributed by atoms with E-state index in [9.17, 15) is 0 Å². The largest absolute Gasteiger partial charge is 0.384 e. The third-order valence-corrected chi connectivity index (χ3v) is 2.71. The molecule has 0 saturated heterocycles. The molecule has 0 saturated carbocycles. The quantitative estimate of drug-likeness (QED) is 0.790. The van der Waals surface area contributed by atoms with E-state index in [4.69, 9.17) is 16.2 Å². The molecule has 0 aliphatic carbocycles. The Balaban J connectivity index is 2.67. The van der Waals surface area contributed by atoms with Gasteiger partial charge in [0, 0.05) is 18.8 Å². The van der Waals surface area contributed by atoms with Gasteiger partial charge in [0.2, 0.25) is 0 Å². The molecule has 1 aromatic rings. The van der Waals surface area contributed by atoms with E-state index in [0.717, 1.165) is 12.0 Å². The maximum Gasteiger partial charge on any atom is 0.123 e. The van der Waals surface area contributed by atoms with Crippen molar-refractivity contribution in [1.29, 1.82) is 0 Å². The highest BCUT2D eigenvalue weighted by Gasteiger charge is 2.26.